The summed E-state index contributed by atoms with van der Waals surface area (Å²) in [6, 6.07) is 11.4. The third-order valence-corrected chi connectivity index (χ3v) is 2.90. The van der Waals surface area contributed by atoms with E-state index in [0.717, 1.165) is 5.56 Å². The second-order valence-corrected chi connectivity index (χ2v) is 4.18. The van der Waals surface area contributed by atoms with Crippen molar-refractivity contribution in [2.24, 2.45) is 0 Å². The summed E-state index contributed by atoms with van der Waals surface area (Å²) >= 11 is 0. The summed E-state index contributed by atoms with van der Waals surface area (Å²) in [4.78, 5) is 15.5. The number of fused-ring (bicyclic) bond motifs is 1. The van der Waals surface area contributed by atoms with Gasteiger partial charge in [-0.2, -0.15) is 5.10 Å². The number of rotatable bonds is 3. The van der Waals surface area contributed by atoms with Crippen molar-refractivity contribution in [1.29, 1.82) is 0 Å². The van der Waals surface area contributed by atoms with Gasteiger partial charge in [0.25, 0.3) is 0 Å². The van der Waals surface area contributed by atoms with Gasteiger partial charge in [-0.3, -0.25) is 0 Å². The summed E-state index contributed by atoms with van der Waals surface area (Å²) in [7, 11) is 0. The fraction of sp³-hybridized carbons (Fsp3) is 0.0714. The molecular weight excluding hydrogens is 242 g/mol. The van der Waals surface area contributed by atoms with Gasteiger partial charge in [0.1, 0.15) is 5.56 Å². The number of carboxylic acid groups (broad SMARTS) is 1. The average molecular weight is 253 g/mol. The highest BCUT2D eigenvalue weighted by atomic mass is 16.4. The molecule has 2 heterocycles. The fourth-order valence-corrected chi connectivity index (χ4v) is 2.06. The lowest BCUT2D eigenvalue weighted by molar-refractivity contribution is 0.0697. The molecule has 0 aliphatic heterocycles. The third-order valence-electron chi connectivity index (χ3n) is 2.90. The van der Waals surface area contributed by atoms with Crippen LogP contribution in [0.2, 0.25) is 0 Å². The first-order chi connectivity index (χ1) is 9.25. The van der Waals surface area contributed by atoms with E-state index in [4.69, 9.17) is 0 Å². The lowest BCUT2D eigenvalue weighted by Crippen LogP contribution is -2.02. The molecule has 1 N–H and O–H groups in total. The molecule has 0 radical (unpaired) electrons. The molecule has 5 heteroatoms. The highest BCUT2D eigenvalue weighted by molar-refractivity contribution is 5.95. The molecule has 0 amide bonds. The molecule has 1 aromatic carbocycles. The maximum Gasteiger partial charge on any atom is 0.341 e. The van der Waals surface area contributed by atoms with Gasteiger partial charge in [0.05, 0.1) is 5.69 Å². The first kappa shape index (κ1) is 11.4. The van der Waals surface area contributed by atoms with Gasteiger partial charge < -0.3 is 5.11 Å². The minimum atomic E-state index is -1.00. The number of benzene rings is 1. The number of aromatic nitrogens is 3. The number of carbonyl (C=O) groups is 1. The van der Waals surface area contributed by atoms with Crippen LogP contribution in [0.1, 0.15) is 21.6 Å². The van der Waals surface area contributed by atoms with Gasteiger partial charge in [-0.1, -0.05) is 30.3 Å². The zero-order chi connectivity index (χ0) is 13.2. The van der Waals surface area contributed by atoms with Gasteiger partial charge in [-0.25, -0.2) is 14.3 Å². The van der Waals surface area contributed by atoms with Crippen molar-refractivity contribution in [3.63, 3.8) is 0 Å². The third kappa shape index (κ3) is 2.06. The zero-order valence-corrected chi connectivity index (χ0v) is 10.0. The molecule has 0 saturated heterocycles. The molecule has 0 saturated carbocycles. The molecule has 2 aromatic heterocycles. The van der Waals surface area contributed by atoms with E-state index in [0.29, 0.717) is 17.8 Å². The molecule has 0 aliphatic rings. The topological polar surface area (TPSA) is 67.5 Å². The van der Waals surface area contributed by atoms with Crippen molar-refractivity contribution in [2.45, 2.75) is 6.42 Å². The second-order valence-electron chi connectivity index (χ2n) is 4.18. The van der Waals surface area contributed by atoms with Gasteiger partial charge in [-0.15, -0.1) is 0 Å². The van der Waals surface area contributed by atoms with Gasteiger partial charge in [-0.05, 0) is 11.6 Å². The van der Waals surface area contributed by atoms with Crippen LogP contribution in [-0.4, -0.2) is 25.7 Å². The van der Waals surface area contributed by atoms with E-state index in [1.54, 1.807) is 18.5 Å². The van der Waals surface area contributed by atoms with E-state index in [1.807, 2.05) is 30.3 Å². The summed E-state index contributed by atoms with van der Waals surface area (Å²) < 4.78 is 1.50. The number of nitrogens with zero attached hydrogens (tertiary/aromatic N) is 3. The highest BCUT2D eigenvalue weighted by Crippen LogP contribution is 2.17. The quantitative estimate of drug-likeness (QED) is 0.775. The largest absolute Gasteiger partial charge is 0.477 e. The predicted molar refractivity (Wildman–Crippen MR) is 69.2 cm³/mol. The molecule has 19 heavy (non-hydrogen) atoms. The number of hydrogen-bond acceptors (Lipinski definition) is 3. The predicted octanol–water partition coefficient (Wildman–Crippen LogP) is 2.02. The monoisotopic (exact) mass is 253 g/mol. The Morgan fingerprint density at radius 2 is 2.00 bits per heavy atom. The SMILES string of the molecule is O=C(O)c1c(Cc2ccccc2)nn2cccnc12. The first-order valence-corrected chi connectivity index (χ1v) is 5.85. The van der Waals surface area contributed by atoms with Gasteiger partial charge >= 0.3 is 5.97 Å². The van der Waals surface area contributed by atoms with E-state index in [2.05, 4.69) is 10.1 Å². The maximum absolute atomic E-state index is 11.4. The number of carboxylic acids is 1. The van der Waals surface area contributed by atoms with Gasteiger partial charge in [0.15, 0.2) is 5.65 Å². The van der Waals surface area contributed by atoms with Gasteiger partial charge in [0.2, 0.25) is 0 Å². The Balaban J connectivity index is 2.13. The Morgan fingerprint density at radius 3 is 2.74 bits per heavy atom. The molecule has 5 nitrogen and oxygen atoms in total. The fourth-order valence-electron chi connectivity index (χ4n) is 2.06. The summed E-state index contributed by atoms with van der Waals surface area (Å²) in [6.07, 6.45) is 3.74. The minimum Gasteiger partial charge on any atom is -0.477 e. The van der Waals surface area contributed by atoms with Crippen molar-refractivity contribution < 1.29 is 9.90 Å². The molecule has 0 spiro atoms. The second kappa shape index (κ2) is 4.53. The van der Waals surface area contributed by atoms with Crippen LogP contribution in [0.4, 0.5) is 0 Å². The molecule has 3 aromatic rings. The van der Waals surface area contributed by atoms with E-state index in [1.165, 1.54) is 4.52 Å². The average Bonchev–Trinajstić information content (AvgIpc) is 2.77. The Labute approximate surface area is 109 Å². The minimum absolute atomic E-state index is 0.171. The van der Waals surface area contributed by atoms with Crippen LogP contribution in [0.15, 0.2) is 48.8 Å². The molecule has 0 bridgehead atoms. The van der Waals surface area contributed by atoms with Crippen LogP contribution >= 0.6 is 0 Å². The Kier molecular flexibility index (Phi) is 2.72. The van der Waals surface area contributed by atoms with Crippen LogP contribution in [0, 0.1) is 0 Å². The van der Waals surface area contributed by atoms with Crippen molar-refractivity contribution >= 4 is 11.6 Å². The summed E-state index contributed by atoms with van der Waals surface area (Å²) in [5.74, 6) is -1.00. The Morgan fingerprint density at radius 1 is 1.21 bits per heavy atom. The number of aromatic carboxylic acids is 1. The lowest BCUT2D eigenvalue weighted by atomic mass is 10.1. The summed E-state index contributed by atoms with van der Waals surface area (Å²) in [5, 5.41) is 13.6. The standard InChI is InChI=1S/C14H11N3O2/c18-14(19)12-11(9-10-5-2-1-3-6-10)16-17-8-4-7-15-13(12)17/h1-8H,9H2,(H,18,19). The van der Waals surface area contributed by atoms with Crippen LogP contribution < -0.4 is 0 Å². The van der Waals surface area contributed by atoms with Crippen molar-refractivity contribution in [3.8, 4) is 0 Å². The zero-order valence-electron chi connectivity index (χ0n) is 10.0. The molecule has 0 atom stereocenters. The number of hydrogen-bond donors (Lipinski definition) is 1. The normalized spacial score (nSPS) is 10.7. The molecular formula is C14H11N3O2. The van der Waals surface area contributed by atoms with Crippen LogP contribution in [0.25, 0.3) is 5.65 Å². The van der Waals surface area contributed by atoms with E-state index < -0.39 is 5.97 Å². The summed E-state index contributed by atoms with van der Waals surface area (Å²) in [6.45, 7) is 0. The van der Waals surface area contributed by atoms with Crippen molar-refractivity contribution in [3.05, 3.63) is 65.6 Å². The van der Waals surface area contributed by atoms with Crippen molar-refractivity contribution in [1.82, 2.24) is 14.6 Å². The van der Waals surface area contributed by atoms with Crippen LogP contribution in [-0.2, 0) is 6.42 Å². The first-order valence-electron chi connectivity index (χ1n) is 5.85. The van der Waals surface area contributed by atoms with E-state index in [-0.39, 0.29) is 5.56 Å². The van der Waals surface area contributed by atoms with E-state index in [9.17, 15) is 9.90 Å². The Hall–Kier alpha value is -2.69. The van der Waals surface area contributed by atoms with Gasteiger partial charge in [0, 0.05) is 18.8 Å². The van der Waals surface area contributed by atoms with Crippen LogP contribution in [0.3, 0.4) is 0 Å². The molecule has 94 valence electrons. The van der Waals surface area contributed by atoms with Crippen molar-refractivity contribution in [2.75, 3.05) is 0 Å². The molecule has 0 unspecified atom stereocenters. The smallest absolute Gasteiger partial charge is 0.341 e. The molecule has 0 fully saturated rings. The maximum atomic E-state index is 11.4. The van der Waals surface area contributed by atoms with E-state index >= 15 is 0 Å². The highest BCUT2D eigenvalue weighted by Gasteiger charge is 2.19. The summed E-state index contributed by atoms with van der Waals surface area (Å²) in [5.41, 5.74) is 2.09. The van der Waals surface area contributed by atoms with Crippen LogP contribution in [0.5, 0.6) is 0 Å². The Bertz CT molecular complexity index is 735. The lowest BCUT2D eigenvalue weighted by Gasteiger charge is -1.98. The molecule has 0 aliphatic carbocycles. The molecule has 3 rings (SSSR count).